The van der Waals surface area contributed by atoms with Crippen molar-refractivity contribution in [1.29, 1.82) is 0 Å². The van der Waals surface area contributed by atoms with Crippen molar-refractivity contribution in [2.75, 3.05) is 18.5 Å². The van der Waals surface area contributed by atoms with E-state index < -0.39 is 21.0 Å². The lowest BCUT2D eigenvalue weighted by molar-refractivity contribution is 0.1000. The van der Waals surface area contributed by atoms with Gasteiger partial charge in [0.15, 0.2) is 14.9 Å². The first-order valence-electron chi connectivity index (χ1n) is 10.9. The molecule has 2 aliphatic rings. The third kappa shape index (κ3) is 3.99. The Balaban J connectivity index is 1.64. The largest absolute Gasteiger partial charge is 0.490 e. The number of benzene rings is 1. The lowest BCUT2D eigenvalue weighted by Crippen LogP contribution is -2.42. The number of ether oxygens (including phenoxy) is 1. The Morgan fingerprint density at radius 3 is 2.94 bits per heavy atom. The van der Waals surface area contributed by atoms with Crippen molar-refractivity contribution in [2.45, 2.75) is 54.7 Å². The quantitative estimate of drug-likeness (QED) is 0.646. The van der Waals surface area contributed by atoms with Crippen LogP contribution in [-0.2, 0) is 21.7 Å². The van der Waals surface area contributed by atoms with Gasteiger partial charge in [0.25, 0.3) is 0 Å². The van der Waals surface area contributed by atoms with E-state index in [0.29, 0.717) is 37.3 Å². The fourth-order valence-electron chi connectivity index (χ4n) is 4.57. The molecule has 1 aliphatic heterocycles. The van der Waals surface area contributed by atoms with Crippen molar-refractivity contribution >= 4 is 21.4 Å². The van der Waals surface area contributed by atoms with E-state index in [1.54, 1.807) is 37.3 Å². The molecule has 1 amide bonds. The maximum Gasteiger partial charge on any atom is 0.248 e. The number of hydrogen-bond donors (Lipinski definition) is 2. The maximum absolute atomic E-state index is 13.0. The van der Waals surface area contributed by atoms with Crippen LogP contribution in [0.25, 0.3) is 0 Å². The molecule has 0 saturated heterocycles. The number of rotatable bonds is 6. The number of nitrogens with zero attached hydrogens (tertiary/aromatic N) is 1. The van der Waals surface area contributed by atoms with Crippen LogP contribution in [0, 0.1) is 0 Å². The number of pyridine rings is 1. The van der Waals surface area contributed by atoms with Gasteiger partial charge in [0.05, 0.1) is 17.5 Å². The van der Waals surface area contributed by atoms with E-state index in [2.05, 4.69) is 16.9 Å². The first-order valence-corrected chi connectivity index (χ1v) is 12.5. The number of primary amides is 1. The molecular weight excluding hydrogens is 426 g/mol. The van der Waals surface area contributed by atoms with E-state index in [-0.39, 0.29) is 10.4 Å². The SMILES string of the molecule is C=CCC[C@@H](C)S(=O)(=O)c1ccc2c(n1)CCCC21CNc2cc(C(N)=O)ccc2OC1. The van der Waals surface area contributed by atoms with Crippen LogP contribution in [0.1, 0.15) is 54.2 Å². The Bertz CT molecular complexity index is 1160. The molecule has 0 saturated carbocycles. The summed E-state index contributed by atoms with van der Waals surface area (Å²) < 4.78 is 32.2. The minimum Gasteiger partial charge on any atom is -0.490 e. The minimum atomic E-state index is -3.50. The standard InChI is InChI=1S/C24H29N3O4S/c1-3-4-6-16(2)32(29,30)22-11-9-18-19(27-22)7-5-12-24(18)14-26-20-13-17(23(25)28)8-10-21(20)31-15-24/h3,8-11,13,16,26H,1,4-7,12,14-15H2,2H3,(H2,25,28)/t16-,24?/m1/s1. The predicted octanol–water partition coefficient (Wildman–Crippen LogP) is 3.39. The van der Waals surface area contributed by atoms with E-state index in [9.17, 15) is 13.2 Å². The summed E-state index contributed by atoms with van der Waals surface area (Å²) in [7, 11) is -3.50. The second-order valence-electron chi connectivity index (χ2n) is 8.72. The van der Waals surface area contributed by atoms with Gasteiger partial charge in [-0.2, -0.15) is 0 Å². The van der Waals surface area contributed by atoms with Gasteiger partial charge in [-0.25, -0.2) is 13.4 Å². The Morgan fingerprint density at radius 2 is 2.19 bits per heavy atom. The zero-order valence-corrected chi connectivity index (χ0v) is 19.1. The Kier molecular flexibility index (Phi) is 5.99. The van der Waals surface area contributed by atoms with E-state index >= 15 is 0 Å². The average molecular weight is 456 g/mol. The van der Waals surface area contributed by atoms with Gasteiger partial charge in [-0.15, -0.1) is 6.58 Å². The number of hydrogen-bond acceptors (Lipinski definition) is 6. The lowest BCUT2D eigenvalue weighted by Gasteiger charge is -2.37. The van der Waals surface area contributed by atoms with Gasteiger partial charge in [0.1, 0.15) is 5.75 Å². The van der Waals surface area contributed by atoms with Crippen LogP contribution in [-0.4, -0.2) is 37.7 Å². The second-order valence-corrected chi connectivity index (χ2v) is 11.0. The molecule has 3 N–H and O–H groups in total. The van der Waals surface area contributed by atoms with Gasteiger partial charge in [-0.3, -0.25) is 4.79 Å². The van der Waals surface area contributed by atoms with Crippen LogP contribution in [0.5, 0.6) is 5.75 Å². The molecule has 2 aromatic rings. The molecule has 32 heavy (non-hydrogen) atoms. The third-order valence-corrected chi connectivity index (χ3v) is 8.68. The molecule has 0 fully saturated rings. The van der Waals surface area contributed by atoms with Crippen LogP contribution >= 0.6 is 0 Å². The van der Waals surface area contributed by atoms with Gasteiger partial charge in [0, 0.05) is 23.2 Å². The molecule has 170 valence electrons. The lowest BCUT2D eigenvalue weighted by atomic mass is 9.72. The third-order valence-electron chi connectivity index (χ3n) is 6.57. The highest BCUT2D eigenvalue weighted by molar-refractivity contribution is 7.92. The smallest absolute Gasteiger partial charge is 0.248 e. The van der Waals surface area contributed by atoms with Gasteiger partial charge < -0.3 is 15.8 Å². The Hall–Kier alpha value is -2.87. The summed E-state index contributed by atoms with van der Waals surface area (Å²) in [6.07, 6.45) is 5.43. The van der Waals surface area contributed by atoms with Crippen molar-refractivity contribution in [2.24, 2.45) is 5.73 Å². The number of carbonyl (C=O) groups is 1. The van der Waals surface area contributed by atoms with Gasteiger partial charge >= 0.3 is 0 Å². The highest BCUT2D eigenvalue weighted by atomic mass is 32.2. The molecule has 0 bridgehead atoms. The van der Waals surface area contributed by atoms with Crippen molar-refractivity contribution in [3.63, 3.8) is 0 Å². The van der Waals surface area contributed by atoms with Gasteiger partial charge in [-0.05, 0) is 68.9 Å². The van der Waals surface area contributed by atoms with Crippen LogP contribution in [0.3, 0.4) is 0 Å². The fourth-order valence-corrected chi connectivity index (χ4v) is 5.92. The number of aromatic nitrogens is 1. The van der Waals surface area contributed by atoms with Gasteiger partial charge in [0.2, 0.25) is 5.91 Å². The summed E-state index contributed by atoms with van der Waals surface area (Å²) in [5.74, 6) is 0.180. The summed E-state index contributed by atoms with van der Waals surface area (Å²) >= 11 is 0. The maximum atomic E-state index is 13.0. The molecule has 7 nitrogen and oxygen atoms in total. The van der Waals surface area contributed by atoms with Crippen molar-refractivity contribution in [3.05, 3.63) is 59.8 Å². The Morgan fingerprint density at radius 1 is 1.38 bits per heavy atom. The van der Waals surface area contributed by atoms with E-state index in [0.717, 1.165) is 36.2 Å². The summed E-state index contributed by atoms with van der Waals surface area (Å²) in [5.41, 5.74) is 8.08. The summed E-state index contributed by atoms with van der Waals surface area (Å²) in [4.78, 5) is 16.2. The van der Waals surface area contributed by atoms with Crippen LogP contribution in [0.15, 0.2) is 48.0 Å². The molecule has 0 radical (unpaired) electrons. The van der Waals surface area contributed by atoms with E-state index in [4.69, 9.17) is 10.5 Å². The van der Waals surface area contributed by atoms with Crippen LogP contribution in [0.4, 0.5) is 5.69 Å². The Labute approximate surface area is 189 Å². The number of sulfone groups is 1. The predicted molar refractivity (Wildman–Crippen MR) is 124 cm³/mol. The minimum absolute atomic E-state index is 0.141. The number of aryl methyl sites for hydroxylation is 1. The molecule has 4 rings (SSSR count). The number of allylic oxidation sites excluding steroid dienone is 1. The van der Waals surface area contributed by atoms with Crippen molar-refractivity contribution in [1.82, 2.24) is 4.98 Å². The number of amides is 1. The van der Waals surface area contributed by atoms with E-state index in [1.165, 1.54) is 0 Å². The van der Waals surface area contributed by atoms with Crippen LogP contribution in [0.2, 0.25) is 0 Å². The zero-order chi connectivity index (χ0) is 22.9. The average Bonchev–Trinajstić information content (AvgIpc) is 2.97. The number of anilines is 1. The summed E-state index contributed by atoms with van der Waals surface area (Å²) in [6.45, 7) is 6.44. The molecular formula is C24H29N3O4S. The molecule has 8 heteroatoms. The van der Waals surface area contributed by atoms with Crippen molar-refractivity contribution in [3.8, 4) is 5.75 Å². The molecule has 1 aromatic heterocycles. The number of nitrogens with two attached hydrogens (primary N) is 1. The monoisotopic (exact) mass is 455 g/mol. The van der Waals surface area contributed by atoms with Crippen molar-refractivity contribution < 1.29 is 17.9 Å². The molecule has 1 spiro atoms. The zero-order valence-electron chi connectivity index (χ0n) is 18.3. The van der Waals surface area contributed by atoms with E-state index in [1.807, 2.05) is 6.07 Å². The molecule has 1 aliphatic carbocycles. The van der Waals surface area contributed by atoms with Crippen LogP contribution < -0.4 is 15.8 Å². The number of nitrogens with one attached hydrogen (secondary N) is 1. The molecule has 2 heterocycles. The highest BCUT2D eigenvalue weighted by Crippen LogP contribution is 2.41. The van der Waals surface area contributed by atoms with Gasteiger partial charge in [-0.1, -0.05) is 12.1 Å². The summed E-state index contributed by atoms with van der Waals surface area (Å²) in [5, 5.41) is 3.05. The second kappa shape index (κ2) is 8.58. The number of carbonyl (C=O) groups excluding carboxylic acids is 1. The first-order chi connectivity index (χ1) is 15.3. The molecule has 1 aromatic carbocycles. The topological polar surface area (TPSA) is 111 Å². The molecule has 2 atom stereocenters. The fraction of sp³-hybridized carbons (Fsp3) is 0.417. The summed E-state index contributed by atoms with van der Waals surface area (Å²) in [6, 6.07) is 8.66. The highest BCUT2D eigenvalue weighted by Gasteiger charge is 2.40. The first kappa shape index (κ1) is 22.3. The number of fused-ring (bicyclic) bond motifs is 3. The molecule has 1 unspecified atom stereocenters. The normalized spacial score (nSPS) is 20.8.